The van der Waals surface area contributed by atoms with Crippen molar-refractivity contribution in [2.24, 2.45) is 5.92 Å². The Morgan fingerprint density at radius 2 is 1.67 bits per heavy atom. The summed E-state index contributed by atoms with van der Waals surface area (Å²) in [6, 6.07) is 0. The second-order valence-corrected chi connectivity index (χ2v) is 3.94. The zero-order chi connectivity index (χ0) is 9.56. The zero-order valence-corrected chi connectivity index (χ0v) is 9.05. The average molecular weight is 173 g/mol. The predicted octanol–water partition coefficient (Wildman–Crippen LogP) is 2.05. The van der Waals surface area contributed by atoms with Gasteiger partial charge in [-0.1, -0.05) is 13.8 Å². The molecule has 2 nitrogen and oxygen atoms in total. The first kappa shape index (κ1) is 11.9. The Morgan fingerprint density at radius 3 is 2.08 bits per heavy atom. The van der Waals surface area contributed by atoms with E-state index in [0.29, 0.717) is 12.2 Å². The lowest BCUT2D eigenvalue weighted by molar-refractivity contribution is -0.000184. The number of likely N-dealkylation sites (N-methyl/N-ethyl adjacent to an activating group) is 1. The van der Waals surface area contributed by atoms with E-state index in [-0.39, 0.29) is 0 Å². The van der Waals surface area contributed by atoms with Crippen LogP contribution >= 0.6 is 0 Å². The molecule has 2 heteroatoms. The molecule has 0 saturated carbocycles. The highest BCUT2D eigenvalue weighted by Gasteiger charge is 2.08. The largest absolute Gasteiger partial charge is 0.374 e. The molecule has 0 aliphatic rings. The van der Waals surface area contributed by atoms with Crippen LogP contribution in [-0.2, 0) is 4.74 Å². The van der Waals surface area contributed by atoms with Gasteiger partial charge < -0.3 is 10.1 Å². The number of hydrogen-bond acceptors (Lipinski definition) is 2. The van der Waals surface area contributed by atoms with Gasteiger partial charge in [-0.2, -0.15) is 0 Å². The maximum Gasteiger partial charge on any atom is 0.0674 e. The molecule has 0 spiro atoms. The van der Waals surface area contributed by atoms with Gasteiger partial charge in [-0.3, -0.25) is 0 Å². The fourth-order valence-electron chi connectivity index (χ4n) is 1.45. The van der Waals surface area contributed by atoms with E-state index in [4.69, 9.17) is 4.74 Å². The molecule has 0 bridgehead atoms. The molecule has 0 amide bonds. The summed E-state index contributed by atoms with van der Waals surface area (Å²) in [7, 11) is 1.95. The molecule has 74 valence electrons. The highest BCUT2D eigenvalue weighted by molar-refractivity contribution is 4.59. The van der Waals surface area contributed by atoms with Crippen LogP contribution in [0.15, 0.2) is 0 Å². The average Bonchev–Trinajstić information content (AvgIpc) is 1.84. The third kappa shape index (κ3) is 6.62. The van der Waals surface area contributed by atoms with Gasteiger partial charge >= 0.3 is 0 Å². The van der Waals surface area contributed by atoms with E-state index in [0.717, 1.165) is 18.9 Å². The lowest BCUT2D eigenvalue weighted by Crippen LogP contribution is -2.27. The first-order valence-corrected chi connectivity index (χ1v) is 4.86. The molecule has 0 saturated heterocycles. The molecule has 0 radical (unpaired) electrons. The highest BCUT2D eigenvalue weighted by atomic mass is 16.5. The van der Waals surface area contributed by atoms with Crippen LogP contribution in [0.2, 0.25) is 0 Å². The molecule has 0 aromatic heterocycles. The van der Waals surface area contributed by atoms with Crippen molar-refractivity contribution in [1.29, 1.82) is 0 Å². The summed E-state index contributed by atoms with van der Waals surface area (Å²) in [6.07, 6.45) is 1.85. The van der Waals surface area contributed by atoms with Crippen LogP contribution in [0.3, 0.4) is 0 Å². The molecule has 12 heavy (non-hydrogen) atoms. The Bertz CT molecular complexity index is 104. The van der Waals surface area contributed by atoms with Gasteiger partial charge in [0.15, 0.2) is 0 Å². The second-order valence-electron chi connectivity index (χ2n) is 3.94. The Labute approximate surface area is 76.7 Å². The van der Waals surface area contributed by atoms with Gasteiger partial charge in [0, 0.05) is 6.54 Å². The molecule has 0 aliphatic carbocycles. The van der Waals surface area contributed by atoms with E-state index in [9.17, 15) is 0 Å². The molecule has 0 aromatic rings. The zero-order valence-electron chi connectivity index (χ0n) is 9.05. The van der Waals surface area contributed by atoms with E-state index in [2.05, 4.69) is 33.0 Å². The fourth-order valence-corrected chi connectivity index (χ4v) is 1.45. The molecule has 2 atom stereocenters. The van der Waals surface area contributed by atoms with E-state index in [1.165, 1.54) is 0 Å². The fraction of sp³-hybridized carbons (Fsp3) is 1.00. The third-order valence-corrected chi connectivity index (χ3v) is 1.76. The van der Waals surface area contributed by atoms with Crippen LogP contribution in [0.5, 0.6) is 0 Å². The molecule has 1 N–H and O–H groups in total. The van der Waals surface area contributed by atoms with Crippen molar-refractivity contribution in [3.63, 3.8) is 0 Å². The van der Waals surface area contributed by atoms with Gasteiger partial charge in [0.1, 0.15) is 0 Å². The van der Waals surface area contributed by atoms with Crippen molar-refractivity contribution >= 4 is 0 Å². The molecule has 0 aromatic carbocycles. The third-order valence-electron chi connectivity index (χ3n) is 1.76. The Hall–Kier alpha value is -0.0800. The topological polar surface area (TPSA) is 21.3 Å². The molecular weight excluding hydrogens is 150 g/mol. The second kappa shape index (κ2) is 6.44. The molecule has 2 unspecified atom stereocenters. The van der Waals surface area contributed by atoms with Crippen molar-refractivity contribution < 1.29 is 4.74 Å². The van der Waals surface area contributed by atoms with E-state index >= 15 is 0 Å². The Balaban J connectivity index is 3.46. The smallest absolute Gasteiger partial charge is 0.0674 e. The molecule has 0 heterocycles. The van der Waals surface area contributed by atoms with Crippen LogP contribution in [0.25, 0.3) is 0 Å². The lowest BCUT2D eigenvalue weighted by Gasteiger charge is -2.20. The highest BCUT2D eigenvalue weighted by Crippen LogP contribution is 2.09. The summed E-state index contributed by atoms with van der Waals surface area (Å²) >= 11 is 0. The van der Waals surface area contributed by atoms with Gasteiger partial charge in [0.25, 0.3) is 0 Å². The SMILES string of the molecule is CNCC(C)OC(C)CC(C)C. The predicted molar refractivity (Wildman–Crippen MR) is 53.4 cm³/mol. The number of rotatable bonds is 6. The molecule has 0 rings (SSSR count). The normalized spacial score (nSPS) is 16.5. The van der Waals surface area contributed by atoms with Crippen LogP contribution < -0.4 is 5.32 Å². The van der Waals surface area contributed by atoms with Crippen molar-refractivity contribution in [2.75, 3.05) is 13.6 Å². The Kier molecular flexibility index (Phi) is 6.39. The first-order chi connectivity index (χ1) is 5.56. The summed E-state index contributed by atoms with van der Waals surface area (Å²) in [4.78, 5) is 0. The van der Waals surface area contributed by atoms with Gasteiger partial charge in [0.05, 0.1) is 12.2 Å². The van der Waals surface area contributed by atoms with Gasteiger partial charge in [-0.25, -0.2) is 0 Å². The summed E-state index contributed by atoms with van der Waals surface area (Å²) < 4.78 is 5.74. The van der Waals surface area contributed by atoms with Crippen molar-refractivity contribution in [1.82, 2.24) is 5.32 Å². The Morgan fingerprint density at radius 1 is 1.08 bits per heavy atom. The van der Waals surface area contributed by atoms with Crippen LogP contribution in [0, 0.1) is 5.92 Å². The minimum absolute atomic E-state index is 0.323. The van der Waals surface area contributed by atoms with E-state index in [1.807, 2.05) is 7.05 Å². The molecule has 0 aliphatic heterocycles. The summed E-state index contributed by atoms with van der Waals surface area (Å²) in [6.45, 7) is 9.63. The minimum atomic E-state index is 0.323. The monoisotopic (exact) mass is 173 g/mol. The van der Waals surface area contributed by atoms with Crippen molar-refractivity contribution in [3.05, 3.63) is 0 Å². The lowest BCUT2D eigenvalue weighted by atomic mass is 10.1. The quantitative estimate of drug-likeness (QED) is 0.663. The number of ether oxygens (including phenoxy) is 1. The van der Waals surface area contributed by atoms with Gasteiger partial charge in [0.2, 0.25) is 0 Å². The summed E-state index contributed by atoms with van der Waals surface area (Å²) in [5.74, 6) is 0.724. The van der Waals surface area contributed by atoms with Gasteiger partial charge in [-0.15, -0.1) is 0 Å². The minimum Gasteiger partial charge on any atom is -0.374 e. The number of hydrogen-bond donors (Lipinski definition) is 1. The molecule has 0 fully saturated rings. The van der Waals surface area contributed by atoms with E-state index in [1.54, 1.807) is 0 Å². The summed E-state index contributed by atoms with van der Waals surface area (Å²) in [5, 5.41) is 3.10. The van der Waals surface area contributed by atoms with Crippen molar-refractivity contribution in [2.45, 2.75) is 46.3 Å². The van der Waals surface area contributed by atoms with Crippen LogP contribution in [0.4, 0.5) is 0 Å². The van der Waals surface area contributed by atoms with Crippen LogP contribution in [-0.4, -0.2) is 25.8 Å². The summed E-state index contributed by atoms with van der Waals surface area (Å²) in [5.41, 5.74) is 0. The first-order valence-electron chi connectivity index (χ1n) is 4.86. The standard InChI is InChI=1S/C10H23NO/c1-8(2)6-9(3)12-10(4)7-11-5/h8-11H,6-7H2,1-5H3. The molecular formula is C10H23NO. The van der Waals surface area contributed by atoms with Gasteiger partial charge in [-0.05, 0) is 33.2 Å². The maximum absolute atomic E-state index is 5.74. The maximum atomic E-state index is 5.74. The number of nitrogens with one attached hydrogen (secondary N) is 1. The van der Waals surface area contributed by atoms with E-state index < -0.39 is 0 Å². The van der Waals surface area contributed by atoms with Crippen molar-refractivity contribution in [3.8, 4) is 0 Å². The van der Waals surface area contributed by atoms with Crippen LogP contribution in [0.1, 0.15) is 34.1 Å².